The zero-order valence-electron chi connectivity index (χ0n) is 15.5. The van der Waals surface area contributed by atoms with Gasteiger partial charge in [0.25, 0.3) is 0 Å². The number of carbonyl (C=O) groups excluding carboxylic acids is 2. The lowest BCUT2D eigenvalue weighted by Crippen LogP contribution is -2.50. The summed E-state index contributed by atoms with van der Waals surface area (Å²) in [5.74, 6) is -0.105. The minimum absolute atomic E-state index is 0.0157. The molecule has 0 unspecified atom stereocenters. The van der Waals surface area contributed by atoms with E-state index < -0.39 is 18.0 Å². The van der Waals surface area contributed by atoms with E-state index in [2.05, 4.69) is 21.0 Å². The van der Waals surface area contributed by atoms with Crippen LogP contribution in [0.15, 0.2) is 4.47 Å². The summed E-state index contributed by atoms with van der Waals surface area (Å²) in [5, 5.41) is 3.72. The molecule has 11 heteroatoms. The van der Waals surface area contributed by atoms with Crippen LogP contribution in [-0.2, 0) is 22.3 Å². The van der Waals surface area contributed by atoms with Gasteiger partial charge in [0.05, 0.1) is 23.3 Å². The Morgan fingerprint density at radius 3 is 2.32 bits per heavy atom. The first-order valence-electron chi connectivity index (χ1n) is 9.25. The summed E-state index contributed by atoms with van der Waals surface area (Å²) < 4.78 is 45.7. The average Bonchev–Trinajstić information content (AvgIpc) is 3.42. The predicted molar refractivity (Wildman–Crippen MR) is 96.7 cm³/mol. The molecule has 1 aromatic rings. The number of aryl methyl sites for hydroxylation is 1. The molecule has 0 N–H and O–H groups in total. The number of amides is 2. The molecule has 1 saturated carbocycles. The molecule has 28 heavy (non-hydrogen) atoms. The number of rotatable bonds is 5. The zero-order chi connectivity index (χ0) is 20.5. The molecule has 0 bridgehead atoms. The van der Waals surface area contributed by atoms with Crippen LogP contribution in [0, 0.1) is 0 Å². The Balaban J connectivity index is 1.59. The summed E-state index contributed by atoms with van der Waals surface area (Å²) in [6.45, 7) is 3.63. The largest absolute Gasteiger partial charge is 0.450 e. The second kappa shape index (κ2) is 8.30. The van der Waals surface area contributed by atoms with Gasteiger partial charge in [-0.15, -0.1) is 0 Å². The van der Waals surface area contributed by atoms with Crippen LogP contribution >= 0.6 is 15.9 Å². The molecule has 1 aliphatic carbocycles. The van der Waals surface area contributed by atoms with Gasteiger partial charge in [-0.3, -0.25) is 9.48 Å². The van der Waals surface area contributed by atoms with Crippen LogP contribution in [0.5, 0.6) is 0 Å². The molecule has 2 fully saturated rings. The maximum Gasteiger partial charge on any atom is 0.436 e. The van der Waals surface area contributed by atoms with Crippen LogP contribution in [0.25, 0.3) is 0 Å². The number of ether oxygens (including phenoxy) is 1. The Bertz CT molecular complexity index is 741. The third-order valence-corrected chi connectivity index (χ3v) is 5.64. The monoisotopic (exact) mass is 466 g/mol. The Labute approximate surface area is 168 Å². The van der Waals surface area contributed by atoms with Gasteiger partial charge in [0, 0.05) is 38.5 Å². The Kier molecular flexibility index (Phi) is 6.21. The van der Waals surface area contributed by atoms with Gasteiger partial charge in [0.1, 0.15) is 0 Å². The summed E-state index contributed by atoms with van der Waals surface area (Å²) in [6.07, 6.45) is -3.23. The van der Waals surface area contributed by atoms with Crippen LogP contribution in [0.2, 0.25) is 0 Å². The first kappa shape index (κ1) is 20.9. The van der Waals surface area contributed by atoms with Crippen LogP contribution in [0.1, 0.15) is 43.5 Å². The molecule has 0 radical (unpaired) electrons. The lowest BCUT2D eigenvalue weighted by molar-refractivity contribution is -0.142. The first-order chi connectivity index (χ1) is 13.2. The van der Waals surface area contributed by atoms with Gasteiger partial charge in [-0.25, -0.2) is 4.79 Å². The van der Waals surface area contributed by atoms with E-state index in [1.54, 1.807) is 16.7 Å². The fraction of sp³-hybridized carbons (Fsp3) is 0.706. The third kappa shape index (κ3) is 4.61. The van der Waals surface area contributed by atoms with Crippen LogP contribution in [-0.4, -0.2) is 64.4 Å². The zero-order valence-corrected chi connectivity index (χ0v) is 17.1. The number of alkyl halides is 3. The van der Waals surface area contributed by atoms with E-state index in [-0.39, 0.29) is 29.3 Å². The Morgan fingerprint density at radius 2 is 1.79 bits per heavy atom. The van der Waals surface area contributed by atoms with Gasteiger partial charge < -0.3 is 14.5 Å². The van der Waals surface area contributed by atoms with Crippen LogP contribution in [0.3, 0.4) is 0 Å². The van der Waals surface area contributed by atoms with Crippen molar-refractivity contribution in [3.05, 3.63) is 15.9 Å². The van der Waals surface area contributed by atoms with Gasteiger partial charge in [0.2, 0.25) is 5.91 Å². The summed E-state index contributed by atoms with van der Waals surface area (Å²) in [7, 11) is 0. The molecular formula is C17H22BrF3N4O3. The van der Waals surface area contributed by atoms with Crippen molar-refractivity contribution < 1.29 is 27.5 Å². The van der Waals surface area contributed by atoms with Crippen molar-refractivity contribution in [1.29, 1.82) is 0 Å². The summed E-state index contributed by atoms with van der Waals surface area (Å²) >= 11 is 3.05. The number of nitrogens with zero attached hydrogens (tertiary/aromatic N) is 4. The number of hydrogen-bond donors (Lipinski definition) is 0. The van der Waals surface area contributed by atoms with Gasteiger partial charge in [-0.1, -0.05) is 0 Å². The highest BCUT2D eigenvalue weighted by Crippen LogP contribution is 2.47. The fourth-order valence-corrected chi connectivity index (χ4v) is 4.10. The molecule has 1 aliphatic heterocycles. The highest BCUT2D eigenvalue weighted by molar-refractivity contribution is 9.10. The molecule has 156 valence electrons. The molecule has 3 rings (SSSR count). The molecule has 7 nitrogen and oxygen atoms in total. The van der Waals surface area contributed by atoms with Crippen molar-refractivity contribution in [2.24, 2.45) is 0 Å². The van der Waals surface area contributed by atoms with Gasteiger partial charge in [0.15, 0.2) is 5.69 Å². The van der Waals surface area contributed by atoms with Gasteiger partial charge in [-0.05, 0) is 35.7 Å². The molecular weight excluding hydrogens is 445 g/mol. The number of piperazine rings is 1. The third-order valence-electron chi connectivity index (χ3n) is 4.86. The van der Waals surface area contributed by atoms with Crippen LogP contribution < -0.4 is 0 Å². The number of hydrogen-bond acceptors (Lipinski definition) is 4. The second-order valence-electron chi connectivity index (χ2n) is 6.86. The summed E-state index contributed by atoms with van der Waals surface area (Å²) in [5.41, 5.74) is -0.419. The van der Waals surface area contributed by atoms with Crippen molar-refractivity contribution in [2.45, 2.75) is 44.8 Å². The molecule has 2 heterocycles. The standard InChI is InChI=1S/C17H22BrF3N4O3/c1-2-28-16(27)24-9-7-23(8-10-24)12(26)5-6-25-14(11-3-4-11)13(18)15(22-25)17(19,20)21/h11H,2-10H2,1H3. The van der Waals surface area contributed by atoms with E-state index in [0.717, 1.165) is 12.8 Å². The fourth-order valence-electron chi connectivity index (χ4n) is 3.26. The Hall–Kier alpha value is -1.78. The smallest absolute Gasteiger partial charge is 0.436 e. The average molecular weight is 467 g/mol. The van der Waals surface area contributed by atoms with Crippen molar-refractivity contribution >= 4 is 27.9 Å². The maximum absolute atomic E-state index is 13.1. The molecule has 0 atom stereocenters. The van der Waals surface area contributed by atoms with Crippen molar-refractivity contribution in [1.82, 2.24) is 19.6 Å². The van der Waals surface area contributed by atoms with E-state index in [0.29, 0.717) is 38.5 Å². The minimum atomic E-state index is -4.54. The lowest BCUT2D eigenvalue weighted by atomic mass is 10.2. The van der Waals surface area contributed by atoms with E-state index in [1.165, 1.54) is 4.68 Å². The lowest BCUT2D eigenvalue weighted by Gasteiger charge is -2.34. The first-order valence-corrected chi connectivity index (χ1v) is 10.0. The van der Waals surface area contributed by atoms with Crippen LogP contribution in [0.4, 0.5) is 18.0 Å². The molecule has 0 spiro atoms. The van der Waals surface area contributed by atoms with Crippen molar-refractivity contribution in [2.75, 3.05) is 32.8 Å². The number of carbonyl (C=O) groups is 2. The minimum Gasteiger partial charge on any atom is -0.450 e. The summed E-state index contributed by atoms with van der Waals surface area (Å²) in [4.78, 5) is 27.3. The van der Waals surface area contributed by atoms with Gasteiger partial charge >= 0.3 is 12.3 Å². The Morgan fingerprint density at radius 1 is 1.18 bits per heavy atom. The highest BCUT2D eigenvalue weighted by atomic mass is 79.9. The number of halogens is 4. The molecule has 1 saturated heterocycles. The van der Waals surface area contributed by atoms with E-state index in [4.69, 9.17) is 4.74 Å². The van der Waals surface area contributed by atoms with Crippen molar-refractivity contribution in [3.8, 4) is 0 Å². The summed E-state index contributed by atoms with van der Waals surface area (Å²) in [6, 6.07) is 0. The second-order valence-corrected chi connectivity index (χ2v) is 7.65. The van der Waals surface area contributed by atoms with E-state index in [1.807, 2.05) is 0 Å². The molecule has 1 aromatic heterocycles. The van der Waals surface area contributed by atoms with Gasteiger partial charge in [-0.2, -0.15) is 18.3 Å². The maximum atomic E-state index is 13.1. The van der Waals surface area contributed by atoms with Crippen molar-refractivity contribution in [3.63, 3.8) is 0 Å². The van der Waals surface area contributed by atoms with E-state index in [9.17, 15) is 22.8 Å². The molecule has 2 amide bonds. The molecule has 2 aliphatic rings. The highest BCUT2D eigenvalue weighted by Gasteiger charge is 2.41. The number of aromatic nitrogens is 2. The quantitative estimate of drug-likeness (QED) is 0.667. The molecule has 0 aromatic carbocycles. The SMILES string of the molecule is CCOC(=O)N1CCN(C(=O)CCn2nc(C(F)(F)F)c(Br)c2C2CC2)CC1. The normalized spacial score (nSPS) is 17.8. The predicted octanol–water partition coefficient (Wildman–Crippen LogP) is 3.23. The topological polar surface area (TPSA) is 67.7 Å². The van der Waals surface area contributed by atoms with E-state index >= 15 is 0 Å².